The molecule has 11 heteroatoms. The van der Waals surface area contributed by atoms with Crippen LogP contribution < -0.4 is 10.6 Å². The molecule has 212 valence electrons. The summed E-state index contributed by atoms with van der Waals surface area (Å²) in [5, 5.41) is 6.30. The van der Waals surface area contributed by atoms with Gasteiger partial charge in [-0.1, -0.05) is 12.8 Å². The molecule has 4 aliphatic rings. The molecule has 2 aliphatic carbocycles. The Morgan fingerprint density at radius 2 is 1.58 bits per heavy atom. The van der Waals surface area contributed by atoms with Crippen LogP contribution in [0, 0.1) is 11.8 Å². The molecule has 0 spiro atoms. The van der Waals surface area contributed by atoms with Gasteiger partial charge in [0.1, 0.15) is 5.60 Å². The molecule has 0 aromatic carbocycles. The number of likely N-dealkylation sites (N-methyl/N-ethyl adjacent to an activating group) is 2. The van der Waals surface area contributed by atoms with E-state index in [2.05, 4.69) is 10.6 Å². The van der Waals surface area contributed by atoms with E-state index in [9.17, 15) is 14.4 Å². The number of nitrogens with zero attached hydrogens (tertiary/aromatic N) is 2. The number of carbonyl (C=O) groups is 3. The Kier molecular flexibility index (Phi) is 16.5. The van der Waals surface area contributed by atoms with E-state index in [-0.39, 0.29) is 42.1 Å². The summed E-state index contributed by atoms with van der Waals surface area (Å²) in [5.74, 6) is 0.937. The highest BCUT2D eigenvalue weighted by molar-refractivity contribution is 6.64. The standard InChI is InChI=1S/C10H20N2O2.C10H18N2O.C5H7ClO.2ClH/c1-10(2,3)14-9(13)12-6-5-8(7-12)11-4;1-12(9-5-6-11-7-9)10(13)8-3-2-4-8;6-5(7)4-2-1-3-4;;/h8,11H,5-7H2,1-4H3;8-9,11H,2-7H2,1H3;4H,1-3H2;2*1H/t8-;9-;;;/m00.../s1. The predicted molar refractivity (Wildman–Crippen MR) is 149 cm³/mol. The maximum Gasteiger partial charge on any atom is 0.410 e. The fourth-order valence-corrected chi connectivity index (χ4v) is 4.43. The largest absolute Gasteiger partial charge is 0.444 e. The van der Waals surface area contributed by atoms with Gasteiger partial charge in [-0.15, -0.1) is 24.8 Å². The van der Waals surface area contributed by atoms with Crippen LogP contribution in [-0.4, -0.2) is 85.0 Å². The van der Waals surface area contributed by atoms with Crippen molar-refractivity contribution in [1.82, 2.24) is 20.4 Å². The maximum absolute atomic E-state index is 11.8. The van der Waals surface area contributed by atoms with E-state index in [1.54, 1.807) is 4.90 Å². The van der Waals surface area contributed by atoms with E-state index in [1.807, 2.05) is 39.8 Å². The topological polar surface area (TPSA) is 91.0 Å². The van der Waals surface area contributed by atoms with Crippen LogP contribution in [0.5, 0.6) is 0 Å². The van der Waals surface area contributed by atoms with Gasteiger partial charge >= 0.3 is 6.09 Å². The van der Waals surface area contributed by atoms with Crippen molar-refractivity contribution in [3.8, 4) is 0 Å². The Morgan fingerprint density at radius 3 is 1.92 bits per heavy atom. The van der Waals surface area contributed by atoms with E-state index >= 15 is 0 Å². The van der Waals surface area contributed by atoms with Gasteiger partial charge < -0.3 is 25.2 Å². The molecule has 0 bridgehead atoms. The van der Waals surface area contributed by atoms with E-state index in [4.69, 9.17) is 16.3 Å². The zero-order chi connectivity index (χ0) is 25.3. The van der Waals surface area contributed by atoms with Crippen LogP contribution in [0.4, 0.5) is 4.79 Å². The minimum absolute atomic E-state index is 0. The van der Waals surface area contributed by atoms with Crippen LogP contribution >= 0.6 is 36.4 Å². The third-order valence-corrected chi connectivity index (χ3v) is 7.37. The molecular formula is C25H47Cl3N4O4. The second-order valence-corrected chi connectivity index (χ2v) is 11.2. The lowest BCUT2D eigenvalue weighted by Crippen LogP contribution is -2.43. The second kappa shape index (κ2) is 16.9. The van der Waals surface area contributed by atoms with Crippen LogP contribution in [0.2, 0.25) is 0 Å². The summed E-state index contributed by atoms with van der Waals surface area (Å²) in [7, 11) is 3.88. The lowest BCUT2D eigenvalue weighted by molar-refractivity contribution is -0.138. The summed E-state index contributed by atoms with van der Waals surface area (Å²) >= 11 is 5.14. The molecule has 2 saturated carbocycles. The van der Waals surface area contributed by atoms with Crippen LogP contribution in [0.1, 0.15) is 72.1 Å². The van der Waals surface area contributed by atoms with Gasteiger partial charge in [0.2, 0.25) is 11.1 Å². The highest BCUT2D eigenvalue weighted by Crippen LogP contribution is 2.29. The summed E-state index contributed by atoms with van der Waals surface area (Å²) in [5.41, 5.74) is -0.394. The number of rotatable bonds is 4. The van der Waals surface area contributed by atoms with E-state index < -0.39 is 5.60 Å². The van der Waals surface area contributed by atoms with Crippen LogP contribution in [-0.2, 0) is 14.3 Å². The fraction of sp³-hybridized carbons (Fsp3) is 0.880. The highest BCUT2D eigenvalue weighted by Gasteiger charge is 2.32. The number of likely N-dealkylation sites (tertiary alicyclic amines) is 1. The van der Waals surface area contributed by atoms with Crippen molar-refractivity contribution in [3.05, 3.63) is 0 Å². The molecule has 0 radical (unpaired) electrons. The van der Waals surface area contributed by atoms with Gasteiger partial charge in [-0.2, -0.15) is 0 Å². The van der Waals surface area contributed by atoms with Crippen molar-refractivity contribution in [3.63, 3.8) is 0 Å². The van der Waals surface area contributed by atoms with E-state index in [0.29, 0.717) is 23.9 Å². The molecule has 4 fully saturated rings. The smallest absolute Gasteiger partial charge is 0.410 e. The first kappa shape index (κ1) is 35.2. The van der Waals surface area contributed by atoms with Gasteiger partial charge in [0, 0.05) is 50.6 Å². The summed E-state index contributed by atoms with van der Waals surface area (Å²) in [6.07, 6.45) is 8.62. The van der Waals surface area contributed by atoms with Gasteiger partial charge in [0.15, 0.2) is 0 Å². The molecule has 0 aromatic rings. The number of nitrogens with one attached hydrogen (secondary N) is 2. The molecule has 2 N–H and O–H groups in total. The number of amides is 2. The summed E-state index contributed by atoms with van der Waals surface area (Å²) in [4.78, 5) is 37.3. The second-order valence-electron chi connectivity index (χ2n) is 10.9. The van der Waals surface area contributed by atoms with E-state index in [0.717, 1.165) is 64.7 Å². The van der Waals surface area contributed by atoms with Crippen LogP contribution in [0.25, 0.3) is 0 Å². The first-order chi connectivity index (χ1) is 16.0. The Labute approximate surface area is 234 Å². The molecule has 0 aromatic heterocycles. The average molecular weight is 574 g/mol. The molecule has 2 atom stereocenters. The Hall–Kier alpha value is -0.800. The van der Waals surface area contributed by atoms with Gasteiger partial charge in [-0.05, 0) is 84.5 Å². The number of hydrogen-bond acceptors (Lipinski definition) is 6. The molecular weight excluding hydrogens is 527 g/mol. The highest BCUT2D eigenvalue weighted by atomic mass is 35.5. The number of ether oxygens (including phenoxy) is 1. The molecule has 2 saturated heterocycles. The van der Waals surface area contributed by atoms with Crippen molar-refractivity contribution >= 4 is 53.7 Å². The van der Waals surface area contributed by atoms with Gasteiger partial charge in [0.25, 0.3) is 0 Å². The molecule has 0 unspecified atom stereocenters. The third kappa shape index (κ3) is 11.7. The van der Waals surface area contributed by atoms with Crippen LogP contribution in [0.3, 0.4) is 0 Å². The third-order valence-electron chi connectivity index (χ3n) is 7.06. The summed E-state index contributed by atoms with van der Waals surface area (Å²) in [6.45, 7) is 9.25. The van der Waals surface area contributed by atoms with Gasteiger partial charge in [0.05, 0.1) is 0 Å². The minimum atomic E-state index is -0.394. The SMILES string of the molecule is CN(C(=O)C1CCC1)[C@H]1CCNC1.CN[C@H]1CCN(C(=O)OC(C)(C)C)C1.Cl.Cl.O=C(Cl)C1CCC1. The molecule has 2 heterocycles. The van der Waals surface area contributed by atoms with Crippen molar-refractivity contribution in [1.29, 1.82) is 0 Å². The zero-order valence-corrected chi connectivity index (χ0v) is 24.9. The minimum Gasteiger partial charge on any atom is -0.444 e. The molecule has 36 heavy (non-hydrogen) atoms. The Balaban J connectivity index is 0.000000520. The fourth-order valence-electron chi connectivity index (χ4n) is 4.22. The van der Waals surface area contributed by atoms with Gasteiger partial charge in [-0.25, -0.2) is 4.79 Å². The lowest BCUT2D eigenvalue weighted by Gasteiger charge is -2.32. The predicted octanol–water partition coefficient (Wildman–Crippen LogP) is 4.22. The Bertz CT molecular complexity index is 679. The average Bonchev–Trinajstić information content (AvgIpc) is 3.36. The van der Waals surface area contributed by atoms with Gasteiger partial charge in [-0.3, -0.25) is 9.59 Å². The first-order valence-corrected chi connectivity index (χ1v) is 13.2. The van der Waals surface area contributed by atoms with Crippen LogP contribution in [0.15, 0.2) is 0 Å². The lowest BCUT2D eigenvalue weighted by atomic mass is 9.84. The van der Waals surface area contributed by atoms with Crippen molar-refractivity contribution in [2.45, 2.75) is 89.8 Å². The Morgan fingerprint density at radius 1 is 1.00 bits per heavy atom. The monoisotopic (exact) mass is 572 g/mol. The van der Waals surface area contributed by atoms with Crippen molar-refractivity contribution in [2.24, 2.45) is 11.8 Å². The first-order valence-electron chi connectivity index (χ1n) is 12.8. The van der Waals surface area contributed by atoms with E-state index in [1.165, 1.54) is 12.8 Å². The number of hydrogen-bond donors (Lipinski definition) is 2. The summed E-state index contributed by atoms with van der Waals surface area (Å²) in [6, 6.07) is 0.871. The molecule has 2 amide bonds. The normalized spacial score (nSPS) is 23.2. The molecule has 4 rings (SSSR count). The molecule has 8 nitrogen and oxygen atoms in total. The van der Waals surface area contributed by atoms with Crippen molar-refractivity contribution in [2.75, 3.05) is 40.3 Å². The van der Waals surface area contributed by atoms with Crippen molar-refractivity contribution < 1.29 is 19.1 Å². The maximum atomic E-state index is 11.8. The number of halogens is 3. The quantitative estimate of drug-likeness (QED) is 0.490. The number of carbonyl (C=O) groups excluding carboxylic acids is 3. The molecule has 2 aliphatic heterocycles. The zero-order valence-electron chi connectivity index (χ0n) is 22.5. The summed E-state index contributed by atoms with van der Waals surface area (Å²) < 4.78 is 5.27.